The maximum atomic E-state index is 4.77. The number of hydrogen-bond acceptors (Lipinski definition) is 1. The third-order valence-corrected chi connectivity index (χ3v) is 5.83. The van der Waals surface area contributed by atoms with Gasteiger partial charge in [0.25, 0.3) is 0 Å². The highest BCUT2D eigenvalue weighted by Gasteiger charge is 2.23. The fourth-order valence-corrected chi connectivity index (χ4v) is 4.76. The van der Waals surface area contributed by atoms with E-state index in [1.54, 1.807) is 0 Å². The van der Waals surface area contributed by atoms with Gasteiger partial charge in [-0.15, -0.1) is 0 Å². The quantitative estimate of drug-likeness (QED) is 0.617. The summed E-state index contributed by atoms with van der Waals surface area (Å²) in [6.07, 6.45) is 2.05. The average Bonchev–Trinajstić information content (AvgIpc) is 2.64. The van der Waals surface area contributed by atoms with Crippen molar-refractivity contribution in [3.8, 4) is 0 Å². The van der Waals surface area contributed by atoms with Crippen molar-refractivity contribution in [1.29, 1.82) is 0 Å². The van der Waals surface area contributed by atoms with E-state index in [2.05, 4.69) is 68.6 Å². The molecular weight excluding hydrogens is 248 g/mol. The van der Waals surface area contributed by atoms with Crippen molar-refractivity contribution in [1.82, 2.24) is 9.55 Å². The van der Waals surface area contributed by atoms with Crippen LogP contribution in [0.3, 0.4) is 0 Å². The number of pyridine rings is 1. The molecule has 98 valence electrons. The zero-order valence-corrected chi connectivity index (χ0v) is 13.3. The Morgan fingerprint density at radius 2 is 1.74 bits per heavy atom. The van der Waals surface area contributed by atoms with Crippen molar-refractivity contribution in [3.63, 3.8) is 0 Å². The summed E-state index contributed by atoms with van der Waals surface area (Å²) in [5.74, 6) is 0. The Morgan fingerprint density at radius 1 is 1.05 bits per heavy atom. The van der Waals surface area contributed by atoms with E-state index in [0.717, 1.165) is 0 Å². The van der Waals surface area contributed by atoms with Crippen LogP contribution < -0.4 is 5.32 Å². The average molecular weight is 268 g/mol. The number of aryl methyl sites for hydroxylation is 2. The van der Waals surface area contributed by atoms with Gasteiger partial charge in [0, 0.05) is 28.7 Å². The molecule has 3 aromatic rings. The van der Waals surface area contributed by atoms with Crippen LogP contribution in [0.25, 0.3) is 21.8 Å². The van der Waals surface area contributed by atoms with Gasteiger partial charge in [-0.1, -0.05) is 37.8 Å². The van der Waals surface area contributed by atoms with Gasteiger partial charge >= 0.3 is 0 Å². The monoisotopic (exact) mass is 268 g/mol. The summed E-state index contributed by atoms with van der Waals surface area (Å²) in [5, 5.41) is 4.06. The molecule has 0 aliphatic carbocycles. The lowest BCUT2D eigenvalue weighted by Crippen LogP contribution is -2.41. The van der Waals surface area contributed by atoms with Gasteiger partial charge in [-0.2, -0.15) is 0 Å². The lowest BCUT2D eigenvalue weighted by Gasteiger charge is -2.18. The molecule has 0 N–H and O–H groups in total. The molecule has 3 rings (SSSR count). The van der Waals surface area contributed by atoms with E-state index in [-0.39, 0.29) is 0 Å². The molecule has 1 aromatic carbocycles. The number of para-hydroxylation sites is 1. The summed E-state index contributed by atoms with van der Waals surface area (Å²) in [7, 11) is 0.731. The molecule has 2 heterocycles. The van der Waals surface area contributed by atoms with E-state index < -0.39 is 8.07 Å². The second-order valence-electron chi connectivity index (χ2n) is 6.32. The Morgan fingerprint density at radius 3 is 2.42 bits per heavy atom. The van der Waals surface area contributed by atoms with Crippen molar-refractivity contribution in [2.75, 3.05) is 0 Å². The molecule has 0 bridgehead atoms. The number of nitrogens with zero attached hydrogens (tertiary/aromatic N) is 2. The molecule has 0 saturated carbocycles. The summed E-state index contributed by atoms with van der Waals surface area (Å²) in [6.45, 7) is 9.31. The van der Waals surface area contributed by atoms with Gasteiger partial charge in [-0.05, 0) is 18.6 Å². The first kappa shape index (κ1) is 12.4. The summed E-state index contributed by atoms with van der Waals surface area (Å²) in [5.41, 5.74) is 3.89. The third kappa shape index (κ3) is 1.72. The maximum absolute atomic E-state index is 4.77. The number of fused-ring (bicyclic) bond motifs is 3. The molecule has 0 spiro atoms. The van der Waals surface area contributed by atoms with Crippen molar-refractivity contribution >= 4 is 35.2 Å². The van der Waals surface area contributed by atoms with Crippen LogP contribution in [0, 0.1) is 6.92 Å². The van der Waals surface area contributed by atoms with Gasteiger partial charge in [-0.25, -0.2) is 0 Å². The van der Waals surface area contributed by atoms with Crippen LogP contribution in [0.2, 0.25) is 19.6 Å². The smallest absolute Gasteiger partial charge is 0.102 e. The molecule has 0 saturated heterocycles. The summed E-state index contributed by atoms with van der Waals surface area (Å²) >= 11 is 0. The topological polar surface area (TPSA) is 17.8 Å². The van der Waals surface area contributed by atoms with Crippen LogP contribution in [-0.4, -0.2) is 17.6 Å². The van der Waals surface area contributed by atoms with Crippen molar-refractivity contribution in [2.24, 2.45) is 7.05 Å². The fraction of sp³-hybridized carbons (Fsp3) is 0.312. The zero-order chi connectivity index (χ0) is 13.8. The lowest BCUT2D eigenvalue weighted by atomic mass is 10.1. The molecule has 0 amide bonds. The van der Waals surface area contributed by atoms with E-state index in [4.69, 9.17) is 4.98 Å². The lowest BCUT2D eigenvalue weighted by molar-refractivity contribution is 1.01. The predicted octanol–water partition coefficient (Wildman–Crippen LogP) is 3.58. The zero-order valence-electron chi connectivity index (χ0n) is 12.3. The molecule has 2 nitrogen and oxygen atoms in total. The first-order valence-corrected chi connectivity index (χ1v) is 10.2. The maximum Gasteiger partial charge on any atom is 0.102 e. The van der Waals surface area contributed by atoms with Crippen molar-refractivity contribution in [3.05, 3.63) is 36.0 Å². The minimum Gasteiger partial charge on any atom is -0.342 e. The summed E-state index contributed by atoms with van der Waals surface area (Å²) in [6, 6.07) is 8.63. The molecule has 19 heavy (non-hydrogen) atoms. The standard InChI is InChI=1S/C16H20N2Si/c1-11-15-12-8-6-7-9-13(12)18(2)14(15)10-17-16(11)19(3,4)5/h6-10H,1-5H3. The van der Waals surface area contributed by atoms with Crippen LogP contribution >= 0.6 is 0 Å². The Kier molecular flexibility index (Phi) is 2.57. The van der Waals surface area contributed by atoms with Crippen LogP contribution in [0.5, 0.6) is 0 Å². The molecule has 0 aliphatic rings. The predicted molar refractivity (Wildman–Crippen MR) is 85.9 cm³/mol. The van der Waals surface area contributed by atoms with Crippen LogP contribution in [0.15, 0.2) is 30.5 Å². The van der Waals surface area contributed by atoms with Gasteiger partial charge in [0.1, 0.15) is 8.07 Å². The van der Waals surface area contributed by atoms with E-state index >= 15 is 0 Å². The highest BCUT2D eigenvalue weighted by molar-refractivity contribution is 6.88. The molecule has 0 fully saturated rings. The summed E-state index contributed by atoms with van der Waals surface area (Å²) < 4.78 is 2.25. The second kappa shape index (κ2) is 3.94. The molecule has 0 radical (unpaired) electrons. The molecule has 2 aromatic heterocycles. The van der Waals surface area contributed by atoms with E-state index in [0.29, 0.717) is 0 Å². The Balaban J connectivity index is 2.53. The minimum absolute atomic E-state index is 1.24. The van der Waals surface area contributed by atoms with E-state index in [1.165, 1.54) is 32.7 Å². The summed E-state index contributed by atoms with van der Waals surface area (Å²) in [4.78, 5) is 4.77. The number of aromatic nitrogens is 2. The van der Waals surface area contributed by atoms with Gasteiger partial charge in [0.15, 0.2) is 0 Å². The van der Waals surface area contributed by atoms with Gasteiger partial charge in [-0.3, -0.25) is 4.98 Å². The number of rotatable bonds is 1. The largest absolute Gasteiger partial charge is 0.342 e. The van der Waals surface area contributed by atoms with E-state index in [1.807, 2.05) is 0 Å². The van der Waals surface area contributed by atoms with Crippen LogP contribution in [0.1, 0.15) is 5.56 Å². The van der Waals surface area contributed by atoms with E-state index in [9.17, 15) is 0 Å². The van der Waals surface area contributed by atoms with Crippen LogP contribution in [0.4, 0.5) is 0 Å². The molecule has 0 atom stereocenters. The SMILES string of the molecule is Cc1c([Si](C)(C)C)ncc2c1c1ccccc1n2C. The normalized spacial score (nSPS) is 12.5. The first-order valence-electron chi connectivity index (χ1n) is 6.74. The van der Waals surface area contributed by atoms with Crippen molar-refractivity contribution in [2.45, 2.75) is 26.6 Å². The fourth-order valence-electron chi connectivity index (χ4n) is 3.06. The highest BCUT2D eigenvalue weighted by atomic mass is 28.3. The first-order chi connectivity index (χ1) is 8.91. The molecule has 0 unspecified atom stereocenters. The minimum atomic E-state index is -1.39. The van der Waals surface area contributed by atoms with Crippen LogP contribution in [-0.2, 0) is 7.05 Å². The third-order valence-electron chi connectivity index (χ3n) is 3.91. The molecule has 0 aliphatic heterocycles. The number of benzene rings is 1. The number of hydrogen-bond donors (Lipinski definition) is 0. The van der Waals surface area contributed by atoms with Gasteiger partial charge < -0.3 is 4.57 Å². The van der Waals surface area contributed by atoms with Gasteiger partial charge in [0.2, 0.25) is 0 Å². The molecule has 3 heteroatoms. The second-order valence-corrected chi connectivity index (χ2v) is 11.3. The van der Waals surface area contributed by atoms with Gasteiger partial charge in [0.05, 0.1) is 11.7 Å². The Bertz CT molecular complexity index is 779. The Hall–Kier alpha value is -1.61. The van der Waals surface area contributed by atoms with Crippen molar-refractivity contribution < 1.29 is 0 Å². The Labute approximate surface area is 115 Å². The highest BCUT2D eigenvalue weighted by Crippen LogP contribution is 2.29. The molecular formula is C16H20N2Si.